The van der Waals surface area contributed by atoms with Gasteiger partial charge in [0.05, 0.1) is 17.6 Å². The lowest BCUT2D eigenvalue weighted by Crippen LogP contribution is -2.15. The summed E-state index contributed by atoms with van der Waals surface area (Å²) < 4.78 is 8.89. The Morgan fingerprint density at radius 1 is 0.968 bits per heavy atom. The molecule has 0 atom stereocenters. The molecule has 0 bridgehead atoms. The largest absolute Gasteiger partial charge is 0.396 e. The first-order valence-corrected chi connectivity index (χ1v) is 11.4. The molecule has 4 rings (SSSR count). The summed E-state index contributed by atoms with van der Waals surface area (Å²) in [5.41, 5.74) is 10.1. The number of imidazole rings is 1. The lowest BCUT2D eigenvalue weighted by molar-refractivity contribution is 0.294. The van der Waals surface area contributed by atoms with Crippen LogP contribution >= 0.6 is 12.1 Å². The number of hydrogen-bond acceptors (Lipinski definition) is 7. The summed E-state index contributed by atoms with van der Waals surface area (Å²) in [6.45, 7) is 2.61. The van der Waals surface area contributed by atoms with Crippen LogP contribution in [-0.4, -0.2) is 32.8 Å². The van der Waals surface area contributed by atoms with Gasteiger partial charge in [-0.2, -0.15) is 0 Å². The Hall–Kier alpha value is -2.65. The van der Waals surface area contributed by atoms with Crippen LogP contribution in [0.25, 0.3) is 21.9 Å². The van der Waals surface area contributed by atoms with Crippen molar-refractivity contribution in [3.05, 3.63) is 66.0 Å². The summed E-state index contributed by atoms with van der Waals surface area (Å²) in [6.07, 6.45) is 2.52. The van der Waals surface area contributed by atoms with Gasteiger partial charge in [-0.1, -0.05) is 48.5 Å². The molecule has 2 aromatic carbocycles. The average Bonchev–Trinajstić information content (AvgIpc) is 3.16. The number of aryl methyl sites for hydroxylation is 1. The van der Waals surface area contributed by atoms with E-state index in [2.05, 4.69) is 37.2 Å². The zero-order valence-corrected chi connectivity index (χ0v) is 18.2. The van der Waals surface area contributed by atoms with Crippen molar-refractivity contribution in [1.29, 1.82) is 0 Å². The van der Waals surface area contributed by atoms with Crippen LogP contribution in [-0.2, 0) is 19.5 Å². The van der Waals surface area contributed by atoms with E-state index in [1.54, 1.807) is 0 Å². The van der Waals surface area contributed by atoms with Crippen LogP contribution in [0.4, 0.5) is 5.82 Å². The third-order valence-corrected chi connectivity index (χ3v) is 5.84. The highest BCUT2D eigenvalue weighted by atomic mass is 32.2. The molecule has 0 saturated carbocycles. The summed E-state index contributed by atoms with van der Waals surface area (Å²) in [4.78, 5) is 9.20. The maximum atomic E-state index is 9.51. The number of pyridine rings is 1. The molecule has 8 heteroatoms. The number of nitrogens with zero attached hydrogens (tertiary/aromatic N) is 3. The Morgan fingerprint density at radius 2 is 1.77 bits per heavy atom. The summed E-state index contributed by atoms with van der Waals surface area (Å²) in [7, 11) is 0. The predicted molar refractivity (Wildman–Crippen MR) is 128 cm³/mol. The van der Waals surface area contributed by atoms with Crippen molar-refractivity contribution in [2.24, 2.45) is 0 Å². The van der Waals surface area contributed by atoms with Crippen LogP contribution < -0.4 is 15.2 Å². The fraction of sp³-hybridized carbons (Fsp3) is 0.304. The number of nitrogen functional groups attached to an aromatic ring is 1. The number of para-hydroxylation sites is 1. The van der Waals surface area contributed by atoms with E-state index in [0.717, 1.165) is 60.2 Å². The van der Waals surface area contributed by atoms with Gasteiger partial charge in [0.1, 0.15) is 11.3 Å². The summed E-state index contributed by atoms with van der Waals surface area (Å²) in [5.74, 6) is 1.29. The maximum Gasteiger partial charge on any atom is 0.152 e. The summed E-state index contributed by atoms with van der Waals surface area (Å²) >= 11 is 1.54. The van der Waals surface area contributed by atoms with Crippen molar-refractivity contribution in [3.63, 3.8) is 0 Å². The van der Waals surface area contributed by atoms with Crippen LogP contribution in [0.1, 0.15) is 24.2 Å². The number of hydrogen-bond donors (Lipinski definition) is 4. The number of rotatable bonds is 11. The molecule has 31 heavy (non-hydrogen) atoms. The van der Waals surface area contributed by atoms with Crippen LogP contribution in [0.2, 0.25) is 0 Å². The molecule has 0 fully saturated rings. The number of anilines is 1. The molecule has 0 saturated heterocycles. The standard InChI is InChI=1S/C23H28N6OS/c24-23-21-22(18-10-4-5-11-19(18)27-23)29(20(28-21)12-15-30)14-7-6-13-25-31-26-16-17-8-2-1-3-9-17/h1-5,8-11,25-26,30H,6-7,12-16H2,(H2,24,27). The molecule has 162 valence electrons. The minimum Gasteiger partial charge on any atom is -0.396 e. The first-order chi connectivity index (χ1) is 15.3. The van der Waals surface area contributed by atoms with Crippen LogP contribution in [0.5, 0.6) is 0 Å². The number of nitrogens with one attached hydrogen (secondary N) is 2. The molecule has 0 aliphatic heterocycles. The van der Waals surface area contributed by atoms with Gasteiger partial charge in [-0.15, -0.1) is 0 Å². The molecular weight excluding hydrogens is 408 g/mol. The summed E-state index contributed by atoms with van der Waals surface area (Å²) in [6, 6.07) is 18.3. The minimum absolute atomic E-state index is 0.0554. The highest BCUT2D eigenvalue weighted by Gasteiger charge is 2.16. The molecule has 0 spiro atoms. The van der Waals surface area contributed by atoms with Gasteiger partial charge in [-0.05, 0) is 24.5 Å². The van der Waals surface area contributed by atoms with Gasteiger partial charge >= 0.3 is 0 Å². The van der Waals surface area contributed by atoms with E-state index >= 15 is 0 Å². The van der Waals surface area contributed by atoms with Gasteiger partial charge < -0.3 is 15.4 Å². The molecule has 7 nitrogen and oxygen atoms in total. The molecule has 0 aliphatic carbocycles. The zero-order valence-electron chi connectivity index (χ0n) is 17.4. The second-order valence-corrected chi connectivity index (χ2v) is 8.16. The van der Waals surface area contributed by atoms with Gasteiger partial charge in [-0.3, -0.25) is 4.72 Å². The Labute approximate surface area is 186 Å². The first kappa shape index (κ1) is 21.6. The number of aromatic nitrogens is 3. The van der Waals surface area contributed by atoms with Gasteiger partial charge in [-0.25, -0.2) is 14.7 Å². The van der Waals surface area contributed by atoms with E-state index in [1.807, 2.05) is 36.4 Å². The fourth-order valence-corrected chi connectivity index (χ4v) is 4.31. The molecular formula is C23H28N6OS. The maximum absolute atomic E-state index is 9.51. The number of benzene rings is 2. The first-order valence-electron chi connectivity index (χ1n) is 10.6. The van der Waals surface area contributed by atoms with Gasteiger partial charge in [0.15, 0.2) is 5.82 Å². The third kappa shape index (κ3) is 5.16. The number of aliphatic hydroxyl groups excluding tert-OH is 1. The molecule has 4 aromatic rings. The fourth-order valence-electron chi connectivity index (χ4n) is 3.72. The molecule has 5 N–H and O–H groups in total. The SMILES string of the molecule is Nc1nc2ccccc2c2c1nc(CCO)n2CCCCNSNCc1ccccc1. The molecule has 0 unspecified atom stereocenters. The van der Waals surface area contributed by atoms with E-state index in [0.29, 0.717) is 12.2 Å². The Morgan fingerprint density at radius 3 is 2.61 bits per heavy atom. The van der Waals surface area contributed by atoms with Crippen LogP contribution in [0, 0.1) is 0 Å². The van der Waals surface area contributed by atoms with E-state index in [9.17, 15) is 5.11 Å². The van der Waals surface area contributed by atoms with Crippen molar-refractivity contribution in [1.82, 2.24) is 24.0 Å². The van der Waals surface area contributed by atoms with Crippen molar-refractivity contribution in [2.75, 3.05) is 18.9 Å². The van der Waals surface area contributed by atoms with Crippen molar-refractivity contribution >= 4 is 39.9 Å². The second-order valence-electron chi connectivity index (χ2n) is 7.37. The lowest BCUT2D eigenvalue weighted by atomic mass is 10.2. The molecule has 0 aliphatic rings. The van der Waals surface area contributed by atoms with Gasteiger partial charge in [0.25, 0.3) is 0 Å². The Kier molecular flexibility index (Phi) is 7.37. The quantitative estimate of drug-likeness (QED) is 0.211. The van der Waals surface area contributed by atoms with Crippen LogP contribution in [0.15, 0.2) is 54.6 Å². The Bertz CT molecular complexity index is 1130. The third-order valence-electron chi connectivity index (χ3n) is 5.20. The van der Waals surface area contributed by atoms with Crippen molar-refractivity contribution in [3.8, 4) is 0 Å². The average molecular weight is 437 g/mol. The second kappa shape index (κ2) is 10.6. The van der Waals surface area contributed by atoms with E-state index in [4.69, 9.17) is 10.7 Å². The molecule has 0 radical (unpaired) electrons. The van der Waals surface area contributed by atoms with Gasteiger partial charge in [0, 0.05) is 43.6 Å². The zero-order chi connectivity index (χ0) is 21.5. The van der Waals surface area contributed by atoms with Gasteiger partial charge in [0.2, 0.25) is 0 Å². The normalized spacial score (nSPS) is 11.5. The monoisotopic (exact) mass is 436 g/mol. The van der Waals surface area contributed by atoms with E-state index in [1.165, 1.54) is 17.7 Å². The van der Waals surface area contributed by atoms with Crippen molar-refractivity contribution < 1.29 is 5.11 Å². The molecule has 0 amide bonds. The number of fused-ring (bicyclic) bond motifs is 3. The lowest BCUT2D eigenvalue weighted by Gasteiger charge is -2.11. The smallest absolute Gasteiger partial charge is 0.152 e. The molecule has 2 heterocycles. The van der Waals surface area contributed by atoms with E-state index < -0.39 is 0 Å². The highest BCUT2D eigenvalue weighted by Crippen LogP contribution is 2.29. The Balaban J connectivity index is 1.36. The topological polar surface area (TPSA) is 101 Å². The summed E-state index contributed by atoms with van der Waals surface area (Å²) in [5, 5.41) is 10.6. The molecule has 2 aromatic heterocycles. The number of aliphatic hydroxyl groups is 1. The minimum atomic E-state index is 0.0554. The number of nitrogens with two attached hydrogens (primary N) is 1. The highest BCUT2D eigenvalue weighted by molar-refractivity contribution is 7.95. The van der Waals surface area contributed by atoms with Crippen LogP contribution in [0.3, 0.4) is 0 Å². The van der Waals surface area contributed by atoms with Crippen molar-refractivity contribution in [2.45, 2.75) is 32.4 Å². The number of unbranched alkanes of at least 4 members (excludes halogenated alkanes) is 1. The van der Waals surface area contributed by atoms with E-state index in [-0.39, 0.29) is 6.61 Å². The predicted octanol–water partition coefficient (Wildman–Crippen LogP) is 3.42.